The zero-order valence-electron chi connectivity index (χ0n) is 18.6. The number of carbonyl (C=O) groups excluding carboxylic acids is 1. The van der Waals surface area contributed by atoms with Gasteiger partial charge in [0.05, 0.1) is 12.7 Å². The highest BCUT2D eigenvalue weighted by atomic mass is 16.5. The summed E-state index contributed by atoms with van der Waals surface area (Å²) in [5.41, 5.74) is 2.07. The van der Waals surface area contributed by atoms with Gasteiger partial charge in [-0.15, -0.1) is 0 Å². The number of carbonyl (C=O) groups is 1. The Morgan fingerprint density at radius 3 is 2.15 bits per heavy atom. The summed E-state index contributed by atoms with van der Waals surface area (Å²) in [6.45, 7) is 2.45. The Morgan fingerprint density at radius 2 is 1.53 bits per heavy atom. The van der Waals surface area contributed by atoms with Crippen LogP contribution in [0.4, 0.5) is 0 Å². The number of nitrogens with zero attached hydrogens (tertiary/aromatic N) is 3. The highest BCUT2D eigenvalue weighted by Crippen LogP contribution is 2.30. The van der Waals surface area contributed by atoms with Crippen molar-refractivity contribution in [1.29, 1.82) is 0 Å². The van der Waals surface area contributed by atoms with E-state index in [2.05, 4.69) is 9.97 Å². The van der Waals surface area contributed by atoms with Gasteiger partial charge in [-0.2, -0.15) is 4.73 Å². The van der Waals surface area contributed by atoms with E-state index in [1.807, 2.05) is 60.7 Å². The van der Waals surface area contributed by atoms with Crippen LogP contribution in [0.2, 0.25) is 0 Å². The van der Waals surface area contributed by atoms with Crippen molar-refractivity contribution in [3.63, 3.8) is 0 Å². The van der Waals surface area contributed by atoms with Crippen LogP contribution in [0.3, 0.4) is 0 Å². The molecular formula is C26H23N3O5. The van der Waals surface area contributed by atoms with Gasteiger partial charge in [0.2, 0.25) is 17.8 Å². The zero-order chi connectivity index (χ0) is 23.8. The lowest BCUT2D eigenvalue weighted by Gasteiger charge is -2.14. The first-order valence-electron chi connectivity index (χ1n) is 10.7. The molecular weight excluding hydrogens is 434 g/mol. The Hall–Kier alpha value is -4.46. The lowest BCUT2D eigenvalue weighted by atomic mass is 10.2. The molecule has 0 bridgehead atoms. The summed E-state index contributed by atoms with van der Waals surface area (Å²) in [4.78, 5) is 20.4. The third kappa shape index (κ3) is 5.66. The van der Waals surface area contributed by atoms with Crippen LogP contribution in [-0.2, 0) is 18.0 Å². The molecule has 0 spiro atoms. The maximum Gasteiger partial charge on any atom is 0.357 e. The molecule has 2 aromatic heterocycles. The summed E-state index contributed by atoms with van der Waals surface area (Å²) < 4.78 is 17.5. The van der Waals surface area contributed by atoms with Gasteiger partial charge >= 0.3 is 5.97 Å². The molecule has 8 heteroatoms. The maximum atomic E-state index is 12.9. The van der Waals surface area contributed by atoms with Crippen LogP contribution in [0.15, 0.2) is 85.2 Å². The Morgan fingerprint density at radius 1 is 0.912 bits per heavy atom. The van der Waals surface area contributed by atoms with Gasteiger partial charge in [0.15, 0.2) is 11.4 Å². The molecule has 0 aliphatic carbocycles. The van der Waals surface area contributed by atoms with E-state index in [0.717, 1.165) is 11.1 Å². The molecule has 2 aromatic carbocycles. The molecule has 0 unspecified atom stereocenters. The summed E-state index contributed by atoms with van der Waals surface area (Å²) in [6.07, 6.45) is 2.68. The quantitative estimate of drug-likeness (QED) is 0.212. The molecule has 34 heavy (non-hydrogen) atoms. The van der Waals surface area contributed by atoms with Crippen LogP contribution in [0.5, 0.6) is 11.5 Å². The normalized spacial score (nSPS) is 10.5. The summed E-state index contributed by atoms with van der Waals surface area (Å²) in [6, 6.07) is 22.2. The lowest BCUT2D eigenvalue weighted by Crippen LogP contribution is -2.30. The molecule has 0 amide bonds. The fraction of sp³-hybridized carbons (Fsp3) is 0.154. The summed E-state index contributed by atoms with van der Waals surface area (Å²) in [7, 11) is 0. The van der Waals surface area contributed by atoms with E-state index < -0.39 is 5.97 Å². The lowest BCUT2D eigenvalue weighted by molar-refractivity contribution is -0.594. The average molecular weight is 457 g/mol. The van der Waals surface area contributed by atoms with E-state index in [1.165, 1.54) is 24.5 Å². The minimum Gasteiger partial charge on any atom is -0.618 e. The molecule has 4 rings (SSSR count). The fourth-order valence-corrected chi connectivity index (χ4v) is 3.15. The van der Waals surface area contributed by atoms with Crippen LogP contribution in [0.25, 0.3) is 11.5 Å². The standard InChI is InChI=1S/C26H23N3O5/c1-2-32-26(30)21-13-14-27-25(28-21)22-15-23(33-17-19-9-5-3-6-10-19)24(16-29(22)31)34-18-20-11-7-4-8-12-20/h3-16H,2,17-18H2,1H3. The van der Waals surface area contributed by atoms with Crippen LogP contribution in [0, 0.1) is 5.21 Å². The number of benzene rings is 2. The number of aromatic nitrogens is 3. The molecule has 0 fully saturated rings. The van der Waals surface area contributed by atoms with E-state index in [1.54, 1.807) is 6.92 Å². The largest absolute Gasteiger partial charge is 0.618 e. The van der Waals surface area contributed by atoms with Crippen molar-refractivity contribution in [2.24, 2.45) is 0 Å². The highest BCUT2D eigenvalue weighted by Gasteiger charge is 2.21. The van der Waals surface area contributed by atoms with Crippen LogP contribution >= 0.6 is 0 Å². The molecule has 0 aliphatic heterocycles. The molecule has 0 saturated carbocycles. The minimum atomic E-state index is -0.591. The number of hydrogen-bond acceptors (Lipinski definition) is 7. The van der Waals surface area contributed by atoms with Crippen molar-refractivity contribution < 1.29 is 23.7 Å². The number of hydrogen-bond donors (Lipinski definition) is 0. The zero-order valence-corrected chi connectivity index (χ0v) is 18.6. The van der Waals surface area contributed by atoms with Gasteiger partial charge in [-0.1, -0.05) is 60.7 Å². The Kier molecular flexibility index (Phi) is 7.29. The third-order valence-electron chi connectivity index (χ3n) is 4.83. The Bertz CT molecular complexity index is 1250. The summed E-state index contributed by atoms with van der Waals surface area (Å²) >= 11 is 0. The summed E-state index contributed by atoms with van der Waals surface area (Å²) in [5, 5.41) is 12.9. The van der Waals surface area contributed by atoms with E-state index >= 15 is 0 Å². The molecule has 172 valence electrons. The molecule has 0 N–H and O–H groups in total. The number of ether oxygens (including phenoxy) is 3. The Balaban J connectivity index is 1.66. The van der Waals surface area contributed by atoms with Gasteiger partial charge < -0.3 is 19.4 Å². The first-order valence-corrected chi connectivity index (χ1v) is 10.7. The van der Waals surface area contributed by atoms with Crippen molar-refractivity contribution in [2.45, 2.75) is 20.1 Å². The molecule has 4 aromatic rings. The van der Waals surface area contributed by atoms with Gasteiger partial charge in [-0.25, -0.2) is 14.8 Å². The third-order valence-corrected chi connectivity index (χ3v) is 4.83. The molecule has 8 nitrogen and oxygen atoms in total. The van der Waals surface area contributed by atoms with E-state index in [4.69, 9.17) is 14.2 Å². The van der Waals surface area contributed by atoms with Gasteiger partial charge in [0.25, 0.3) is 5.69 Å². The molecule has 0 radical (unpaired) electrons. The molecule has 0 aliphatic rings. The highest BCUT2D eigenvalue weighted by molar-refractivity contribution is 5.87. The monoisotopic (exact) mass is 457 g/mol. The van der Waals surface area contributed by atoms with E-state index in [0.29, 0.717) is 10.5 Å². The SMILES string of the molecule is CCOC(=O)c1ccnc(-c2cc(OCc3ccccc3)c(OCc3ccccc3)c[n+]2[O-])n1. The van der Waals surface area contributed by atoms with Crippen molar-refractivity contribution in [3.05, 3.63) is 107 Å². The first kappa shape index (κ1) is 22.7. The molecule has 2 heterocycles. The van der Waals surface area contributed by atoms with E-state index in [9.17, 15) is 10.0 Å². The van der Waals surface area contributed by atoms with Crippen LogP contribution in [0.1, 0.15) is 28.5 Å². The van der Waals surface area contributed by atoms with Crippen molar-refractivity contribution in [3.8, 4) is 23.0 Å². The predicted octanol–water partition coefficient (Wildman–Crippen LogP) is 4.11. The van der Waals surface area contributed by atoms with Gasteiger partial charge in [0.1, 0.15) is 13.2 Å². The number of esters is 1. The van der Waals surface area contributed by atoms with Crippen molar-refractivity contribution in [1.82, 2.24) is 9.97 Å². The van der Waals surface area contributed by atoms with Gasteiger partial charge in [-0.3, -0.25) is 0 Å². The predicted molar refractivity (Wildman–Crippen MR) is 124 cm³/mol. The number of rotatable bonds is 9. The second-order valence-electron chi connectivity index (χ2n) is 7.25. The van der Waals surface area contributed by atoms with Crippen molar-refractivity contribution >= 4 is 5.97 Å². The topological polar surface area (TPSA) is 97.5 Å². The first-order chi connectivity index (χ1) is 16.6. The van der Waals surface area contributed by atoms with Gasteiger partial charge in [0, 0.05) is 6.20 Å². The second kappa shape index (κ2) is 10.9. The second-order valence-corrected chi connectivity index (χ2v) is 7.25. The maximum absolute atomic E-state index is 12.9. The summed E-state index contributed by atoms with van der Waals surface area (Å²) in [5.74, 6) is 0.110. The van der Waals surface area contributed by atoms with Crippen LogP contribution in [-0.4, -0.2) is 22.5 Å². The van der Waals surface area contributed by atoms with Crippen LogP contribution < -0.4 is 14.2 Å². The smallest absolute Gasteiger partial charge is 0.357 e. The van der Waals surface area contributed by atoms with Crippen molar-refractivity contribution in [2.75, 3.05) is 6.61 Å². The average Bonchev–Trinajstić information content (AvgIpc) is 2.88. The Labute approximate surface area is 197 Å². The molecule has 0 atom stereocenters. The number of pyridine rings is 1. The van der Waals surface area contributed by atoms with Gasteiger partial charge in [-0.05, 0) is 24.1 Å². The fourth-order valence-electron chi connectivity index (χ4n) is 3.15. The van der Waals surface area contributed by atoms with E-state index in [-0.39, 0.29) is 42.8 Å². The minimum absolute atomic E-state index is 0.0583. The molecule has 0 saturated heterocycles.